The summed E-state index contributed by atoms with van der Waals surface area (Å²) in [6.45, 7) is 1.72. The molecule has 0 fully saturated rings. The molecule has 3 aromatic rings. The van der Waals surface area contributed by atoms with Gasteiger partial charge in [-0.3, -0.25) is 9.59 Å². The van der Waals surface area contributed by atoms with E-state index in [-0.39, 0.29) is 18.2 Å². The molecule has 0 saturated heterocycles. The van der Waals surface area contributed by atoms with Crippen molar-refractivity contribution in [3.05, 3.63) is 63.6 Å². The monoisotopic (exact) mass is 445 g/mol. The summed E-state index contributed by atoms with van der Waals surface area (Å²) in [5.74, 6) is 0.758. The van der Waals surface area contributed by atoms with Crippen molar-refractivity contribution in [3.8, 4) is 11.5 Å². The van der Waals surface area contributed by atoms with E-state index < -0.39 is 0 Å². The Hall–Kier alpha value is -3.10. The van der Waals surface area contributed by atoms with Crippen LogP contribution in [0.4, 0.5) is 11.4 Å². The fourth-order valence-electron chi connectivity index (χ4n) is 2.62. The molecule has 2 amide bonds. The van der Waals surface area contributed by atoms with Crippen molar-refractivity contribution in [1.29, 1.82) is 0 Å². The summed E-state index contributed by atoms with van der Waals surface area (Å²) in [6.07, 6.45) is 0.124. The van der Waals surface area contributed by atoms with Crippen molar-refractivity contribution >= 4 is 46.1 Å². The molecule has 0 spiro atoms. The van der Waals surface area contributed by atoms with Crippen LogP contribution in [-0.2, 0) is 22.6 Å². The van der Waals surface area contributed by atoms with E-state index in [1.165, 1.54) is 25.4 Å². The fourth-order valence-corrected chi connectivity index (χ4v) is 3.45. The summed E-state index contributed by atoms with van der Waals surface area (Å²) < 4.78 is 10.9. The molecule has 3 rings (SSSR count). The second-order valence-corrected chi connectivity index (χ2v) is 7.68. The number of aromatic nitrogens is 1. The third-order valence-corrected chi connectivity index (χ3v) is 5.03. The largest absolute Gasteiger partial charge is 0.495 e. The van der Waals surface area contributed by atoms with Crippen LogP contribution in [0.1, 0.15) is 17.6 Å². The zero-order valence-electron chi connectivity index (χ0n) is 16.4. The molecule has 0 aliphatic carbocycles. The molecule has 2 N–H and O–H groups in total. The van der Waals surface area contributed by atoms with E-state index in [4.69, 9.17) is 21.1 Å². The van der Waals surface area contributed by atoms with Crippen LogP contribution in [0.5, 0.6) is 11.5 Å². The average Bonchev–Trinajstić information content (AvgIpc) is 3.14. The minimum Gasteiger partial charge on any atom is -0.495 e. The van der Waals surface area contributed by atoms with Gasteiger partial charge in [0.05, 0.1) is 24.9 Å². The molecule has 0 atom stereocenters. The molecule has 1 heterocycles. The van der Waals surface area contributed by atoms with Crippen LogP contribution in [0.15, 0.2) is 47.8 Å². The van der Waals surface area contributed by atoms with Gasteiger partial charge in [0.2, 0.25) is 11.8 Å². The van der Waals surface area contributed by atoms with Gasteiger partial charge in [-0.2, -0.15) is 0 Å². The molecule has 1 aromatic heterocycles. The first-order chi connectivity index (χ1) is 14.4. The summed E-state index contributed by atoms with van der Waals surface area (Å²) >= 11 is 7.28. The van der Waals surface area contributed by atoms with Crippen molar-refractivity contribution < 1.29 is 19.1 Å². The summed E-state index contributed by atoms with van der Waals surface area (Å²) in [6, 6.07) is 12.1. The third-order valence-electron chi connectivity index (χ3n) is 3.91. The smallest absolute Gasteiger partial charge is 0.230 e. The number of rotatable bonds is 8. The zero-order chi connectivity index (χ0) is 21.5. The van der Waals surface area contributed by atoms with Crippen LogP contribution in [-0.4, -0.2) is 23.9 Å². The molecule has 0 bridgehead atoms. The molecule has 0 aliphatic rings. The van der Waals surface area contributed by atoms with Gasteiger partial charge in [0.1, 0.15) is 23.1 Å². The second kappa shape index (κ2) is 10.1. The van der Waals surface area contributed by atoms with Crippen molar-refractivity contribution in [2.75, 3.05) is 17.7 Å². The first-order valence-corrected chi connectivity index (χ1v) is 10.3. The van der Waals surface area contributed by atoms with E-state index in [0.717, 1.165) is 5.01 Å². The Morgan fingerprint density at radius 3 is 2.60 bits per heavy atom. The molecular weight excluding hydrogens is 426 g/mol. The highest BCUT2D eigenvalue weighted by molar-refractivity contribution is 7.09. The second-order valence-electron chi connectivity index (χ2n) is 6.30. The highest BCUT2D eigenvalue weighted by Gasteiger charge is 2.11. The molecular formula is C21H20ClN3O4S. The van der Waals surface area contributed by atoms with E-state index in [9.17, 15) is 9.59 Å². The number of carbonyl (C=O) groups excluding carboxylic acids is 2. The number of nitrogens with zero attached hydrogens (tertiary/aromatic N) is 1. The van der Waals surface area contributed by atoms with E-state index in [1.54, 1.807) is 42.5 Å². The normalized spacial score (nSPS) is 10.4. The average molecular weight is 446 g/mol. The minimum absolute atomic E-state index is 0.124. The number of benzene rings is 2. The summed E-state index contributed by atoms with van der Waals surface area (Å²) in [5.41, 5.74) is 1.69. The van der Waals surface area contributed by atoms with Gasteiger partial charge >= 0.3 is 0 Å². The van der Waals surface area contributed by atoms with Crippen LogP contribution in [0, 0.1) is 0 Å². The maximum Gasteiger partial charge on any atom is 0.230 e. The Balaban J connectivity index is 1.56. The van der Waals surface area contributed by atoms with Crippen molar-refractivity contribution in [1.82, 2.24) is 4.98 Å². The van der Waals surface area contributed by atoms with Gasteiger partial charge < -0.3 is 20.1 Å². The van der Waals surface area contributed by atoms with Crippen molar-refractivity contribution in [2.24, 2.45) is 0 Å². The van der Waals surface area contributed by atoms with Crippen LogP contribution in [0.25, 0.3) is 0 Å². The standard InChI is InChI=1S/C21H20ClN3O4S/c1-13(26)23-18-9-15(5-8-19(18)28-2)24-20(27)10-16-12-30-21(25-16)11-29-17-6-3-14(22)4-7-17/h3-9,12H,10-11H2,1-2H3,(H,23,26)(H,24,27). The number of methoxy groups -OCH3 is 1. The Labute approximate surface area is 183 Å². The molecule has 30 heavy (non-hydrogen) atoms. The van der Waals surface area contributed by atoms with Gasteiger partial charge in [0.15, 0.2) is 0 Å². The van der Waals surface area contributed by atoms with Gasteiger partial charge in [-0.25, -0.2) is 4.98 Å². The number of ether oxygens (including phenoxy) is 2. The topological polar surface area (TPSA) is 89.6 Å². The minimum atomic E-state index is -0.229. The van der Waals surface area contributed by atoms with E-state index in [2.05, 4.69) is 15.6 Å². The van der Waals surface area contributed by atoms with Crippen molar-refractivity contribution in [3.63, 3.8) is 0 Å². The Kier molecular flexibility index (Phi) is 7.26. The lowest BCUT2D eigenvalue weighted by molar-refractivity contribution is -0.116. The van der Waals surface area contributed by atoms with E-state index in [0.29, 0.717) is 40.2 Å². The van der Waals surface area contributed by atoms with Crippen LogP contribution in [0.2, 0.25) is 5.02 Å². The number of halogens is 1. The molecule has 7 nitrogen and oxygen atoms in total. The first kappa shape index (κ1) is 21.6. The molecule has 0 saturated carbocycles. The molecule has 9 heteroatoms. The molecule has 2 aromatic carbocycles. The summed E-state index contributed by atoms with van der Waals surface area (Å²) in [7, 11) is 1.51. The number of amides is 2. The van der Waals surface area contributed by atoms with Crippen LogP contribution in [0.3, 0.4) is 0 Å². The predicted molar refractivity (Wildman–Crippen MR) is 118 cm³/mol. The van der Waals surface area contributed by atoms with E-state index in [1.807, 2.05) is 5.38 Å². The first-order valence-electron chi connectivity index (χ1n) is 9.00. The maximum absolute atomic E-state index is 12.4. The Bertz CT molecular complexity index is 1040. The highest BCUT2D eigenvalue weighted by atomic mass is 35.5. The third kappa shape index (κ3) is 6.20. The lowest BCUT2D eigenvalue weighted by Crippen LogP contribution is -2.15. The number of hydrogen-bond acceptors (Lipinski definition) is 6. The number of carbonyl (C=O) groups is 2. The maximum atomic E-state index is 12.4. The van der Waals surface area contributed by atoms with Gasteiger partial charge in [-0.15, -0.1) is 11.3 Å². The van der Waals surface area contributed by atoms with Gasteiger partial charge in [-0.05, 0) is 42.5 Å². The molecule has 0 radical (unpaired) electrons. The molecule has 156 valence electrons. The lowest BCUT2D eigenvalue weighted by atomic mass is 10.2. The van der Waals surface area contributed by atoms with Gasteiger partial charge in [0.25, 0.3) is 0 Å². The Morgan fingerprint density at radius 1 is 1.13 bits per heavy atom. The predicted octanol–water partition coefficient (Wildman–Crippen LogP) is 4.52. The van der Waals surface area contributed by atoms with Gasteiger partial charge in [-0.1, -0.05) is 11.6 Å². The number of anilines is 2. The quantitative estimate of drug-likeness (QED) is 0.532. The number of nitrogens with one attached hydrogen (secondary N) is 2. The van der Waals surface area contributed by atoms with Crippen LogP contribution >= 0.6 is 22.9 Å². The molecule has 0 unspecified atom stereocenters. The molecule has 0 aliphatic heterocycles. The number of thiazole rings is 1. The lowest BCUT2D eigenvalue weighted by Gasteiger charge is -2.11. The summed E-state index contributed by atoms with van der Waals surface area (Å²) in [5, 5.41) is 8.72. The van der Waals surface area contributed by atoms with Crippen molar-refractivity contribution in [2.45, 2.75) is 20.0 Å². The fraction of sp³-hybridized carbons (Fsp3) is 0.190. The zero-order valence-corrected chi connectivity index (χ0v) is 18.0. The Morgan fingerprint density at radius 2 is 1.90 bits per heavy atom. The van der Waals surface area contributed by atoms with Crippen LogP contribution < -0.4 is 20.1 Å². The summed E-state index contributed by atoms with van der Waals surface area (Å²) in [4.78, 5) is 28.2. The highest BCUT2D eigenvalue weighted by Crippen LogP contribution is 2.28. The SMILES string of the molecule is COc1ccc(NC(=O)Cc2csc(COc3ccc(Cl)cc3)n2)cc1NC(C)=O. The number of hydrogen-bond donors (Lipinski definition) is 2. The van der Waals surface area contributed by atoms with Gasteiger partial charge in [0, 0.05) is 23.0 Å². The van der Waals surface area contributed by atoms with E-state index >= 15 is 0 Å².